The molecule has 0 radical (unpaired) electrons. The van der Waals surface area contributed by atoms with Crippen molar-refractivity contribution in [2.45, 2.75) is 36.4 Å². The van der Waals surface area contributed by atoms with Crippen molar-refractivity contribution in [3.63, 3.8) is 0 Å². The molecular weight excluding hydrogens is 289 g/mol. The third kappa shape index (κ3) is 5.31. The van der Waals surface area contributed by atoms with Crippen LogP contribution in [0.25, 0.3) is 0 Å². The van der Waals surface area contributed by atoms with Crippen LogP contribution in [-0.4, -0.2) is 23.6 Å². The average molecular weight is 305 g/mol. The molecule has 0 unspecified atom stereocenters. The van der Waals surface area contributed by atoms with Crippen LogP contribution in [0.4, 0.5) is 0 Å². The van der Waals surface area contributed by atoms with E-state index in [1.54, 1.807) is 13.8 Å². The topological polar surface area (TPSA) is 46.2 Å². The summed E-state index contributed by atoms with van der Waals surface area (Å²) >= 11 is 2.21. The Labute approximate surface area is 88.5 Å². The Morgan fingerprint density at radius 1 is 1.42 bits per heavy atom. The molecule has 0 fully saturated rings. The highest BCUT2D eigenvalue weighted by Gasteiger charge is 2.20. The highest BCUT2D eigenvalue weighted by atomic mass is 127. The zero-order chi connectivity index (χ0) is 9.99. The number of hydrogen-bond donors (Lipinski definition) is 1. The molecule has 0 aliphatic rings. The molecule has 0 spiro atoms. The molecule has 12 heavy (non-hydrogen) atoms. The van der Waals surface area contributed by atoms with Crippen molar-refractivity contribution in [3.05, 3.63) is 0 Å². The van der Waals surface area contributed by atoms with Crippen LogP contribution in [0.1, 0.15) is 27.7 Å². The van der Waals surface area contributed by atoms with E-state index >= 15 is 0 Å². The molecule has 0 saturated heterocycles. The Balaban J connectivity index is 4.12. The predicted octanol–water partition coefficient (Wildman–Crippen LogP) is 1.53. The maximum absolute atomic E-state index is 11.3. The number of nitrogens with one attached hydrogen (secondary N) is 1. The number of hydrogen-bond acceptors (Lipinski definition) is 2. The van der Waals surface area contributed by atoms with Gasteiger partial charge in [-0.3, -0.25) is 0 Å². The van der Waals surface area contributed by atoms with E-state index in [4.69, 9.17) is 0 Å². The van der Waals surface area contributed by atoms with Gasteiger partial charge in [0, 0.05) is 9.97 Å². The van der Waals surface area contributed by atoms with Crippen LogP contribution < -0.4 is 4.72 Å². The van der Waals surface area contributed by atoms with E-state index in [-0.39, 0.29) is 8.67 Å². The van der Waals surface area contributed by atoms with Crippen LogP contribution in [0.5, 0.6) is 0 Å². The third-order valence-corrected chi connectivity index (χ3v) is 3.48. The van der Waals surface area contributed by atoms with Crippen molar-refractivity contribution in [2.75, 3.05) is 6.54 Å². The zero-order valence-electron chi connectivity index (χ0n) is 7.89. The number of sulfonamides is 1. The Kier molecular flexibility index (Phi) is 4.46. The Morgan fingerprint density at radius 2 is 1.83 bits per heavy atom. The van der Waals surface area contributed by atoms with Gasteiger partial charge in [0.25, 0.3) is 0 Å². The minimum atomic E-state index is -3.09. The quantitative estimate of drug-likeness (QED) is 0.632. The fourth-order valence-corrected chi connectivity index (χ4v) is 1.78. The molecule has 0 atom stereocenters. The van der Waals surface area contributed by atoms with Crippen molar-refractivity contribution in [1.82, 2.24) is 4.72 Å². The third-order valence-electron chi connectivity index (χ3n) is 1.31. The second kappa shape index (κ2) is 4.23. The predicted molar refractivity (Wildman–Crippen MR) is 60.2 cm³/mol. The molecule has 1 N–H and O–H groups in total. The van der Waals surface area contributed by atoms with E-state index in [2.05, 4.69) is 27.3 Å². The van der Waals surface area contributed by atoms with E-state index in [0.717, 1.165) is 0 Å². The lowest BCUT2D eigenvalue weighted by Crippen LogP contribution is -2.38. The summed E-state index contributed by atoms with van der Waals surface area (Å²) < 4.78 is 25.1. The molecule has 0 amide bonds. The van der Waals surface area contributed by atoms with E-state index in [9.17, 15) is 8.42 Å². The number of halogens is 1. The van der Waals surface area contributed by atoms with Crippen LogP contribution >= 0.6 is 22.6 Å². The van der Waals surface area contributed by atoms with Crippen molar-refractivity contribution < 1.29 is 8.42 Å². The summed E-state index contributed by atoms with van der Waals surface area (Å²) in [5, 5.41) is -0.351. The largest absolute Gasteiger partial charge is 0.214 e. The Hall–Kier alpha value is 0.640. The fourth-order valence-electron chi connectivity index (χ4n) is 0.439. The van der Waals surface area contributed by atoms with E-state index < -0.39 is 10.0 Å². The summed E-state index contributed by atoms with van der Waals surface area (Å²) in [6.07, 6.45) is 0. The van der Waals surface area contributed by atoms with Gasteiger partial charge in [-0.2, -0.15) is 0 Å². The van der Waals surface area contributed by atoms with Gasteiger partial charge in [-0.25, -0.2) is 13.1 Å². The molecule has 0 heterocycles. The first-order chi connectivity index (χ1) is 5.15. The Morgan fingerprint density at radius 3 is 2.08 bits per heavy atom. The summed E-state index contributed by atoms with van der Waals surface area (Å²) in [4.78, 5) is 0. The molecule has 5 heteroatoms. The SMILES string of the molecule is CC(C)S(=O)(=O)NCC(C)(C)I. The van der Waals surface area contributed by atoms with E-state index in [1.807, 2.05) is 13.8 Å². The minimum absolute atomic E-state index is 0.0281. The first kappa shape index (κ1) is 12.6. The highest BCUT2D eigenvalue weighted by Crippen LogP contribution is 2.15. The van der Waals surface area contributed by atoms with Crippen molar-refractivity contribution in [2.24, 2.45) is 0 Å². The van der Waals surface area contributed by atoms with E-state index in [1.165, 1.54) is 0 Å². The van der Waals surface area contributed by atoms with Gasteiger partial charge in [-0.15, -0.1) is 0 Å². The van der Waals surface area contributed by atoms with Crippen molar-refractivity contribution in [3.8, 4) is 0 Å². The highest BCUT2D eigenvalue weighted by molar-refractivity contribution is 14.1. The van der Waals surface area contributed by atoms with Crippen molar-refractivity contribution in [1.29, 1.82) is 0 Å². The minimum Gasteiger partial charge on any atom is -0.214 e. The lowest BCUT2D eigenvalue weighted by Gasteiger charge is -2.18. The summed E-state index contributed by atoms with van der Waals surface area (Å²) in [6.45, 7) is 7.78. The second-order valence-electron chi connectivity index (χ2n) is 3.63. The van der Waals surface area contributed by atoms with Gasteiger partial charge < -0.3 is 0 Å². The summed E-state index contributed by atoms with van der Waals surface area (Å²) in [5.41, 5.74) is 0. The van der Waals surface area contributed by atoms with Gasteiger partial charge in [0.2, 0.25) is 10.0 Å². The lowest BCUT2D eigenvalue weighted by molar-refractivity contribution is 0.565. The molecular formula is C7H16INO2S. The summed E-state index contributed by atoms with van der Waals surface area (Å²) in [6, 6.07) is 0. The lowest BCUT2D eigenvalue weighted by atomic mass is 10.2. The maximum Gasteiger partial charge on any atom is 0.213 e. The van der Waals surface area contributed by atoms with Crippen molar-refractivity contribution >= 4 is 32.6 Å². The molecule has 0 aromatic carbocycles. The van der Waals surface area contributed by atoms with Gasteiger partial charge in [-0.1, -0.05) is 22.6 Å². The van der Waals surface area contributed by atoms with Crippen LogP contribution in [0.3, 0.4) is 0 Å². The molecule has 3 nitrogen and oxygen atoms in total. The number of alkyl halides is 1. The molecule has 0 saturated carbocycles. The standard InChI is InChI=1S/C7H16INO2S/c1-6(2)12(10,11)9-5-7(3,4)8/h6,9H,5H2,1-4H3. The first-order valence-corrected chi connectivity index (χ1v) is 6.45. The van der Waals surface area contributed by atoms with Gasteiger partial charge in [0.15, 0.2) is 0 Å². The molecule has 0 aliphatic heterocycles. The Bertz CT molecular complexity index is 228. The van der Waals surface area contributed by atoms with Crippen LogP contribution in [0, 0.1) is 0 Å². The van der Waals surface area contributed by atoms with E-state index in [0.29, 0.717) is 6.54 Å². The average Bonchev–Trinajstić information content (AvgIpc) is 1.82. The van der Waals surface area contributed by atoms with Gasteiger partial charge >= 0.3 is 0 Å². The van der Waals surface area contributed by atoms with Crippen LogP contribution in [0.15, 0.2) is 0 Å². The fraction of sp³-hybridized carbons (Fsp3) is 1.00. The second-order valence-corrected chi connectivity index (χ2v) is 8.88. The molecule has 0 aromatic heterocycles. The molecule has 74 valence electrons. The first-order valence-electron chi connectivity index (χ1n) is 3.82. The molecule has 0 bridgehead atoms. The zero-order valence-corrected chi connectivity index (χ0v) is 10.9. The smallest absolute Gasteiger partial charge is 0.213 e. The molecule has 0 aliphatic carbocycles. The van der Waals surface area contributed by atoms with Crippen LogP contribution in [0.2, 0.25) is 0 Å². The van der Waals surface area contributed by atoms with Gasteiger partial charge in [0.05, 0.1) is 5.25 Å². The van der Waals surface area contributed by atoms with Gasteiger partial charge in [-0.05, 0) is 27.7 Å². The van der Waals surface area contributed by atoms with Gasteiger partial charge in [0.1, 0.15) is 0 Å². The monoisotopic (exact) mass is 305 g/mol. The number of rotatable bonds is 4. The molecule has 0 rings (SSSR count). The summed E-state index contributed by atoms with van der Waals surface area (Å²) in [7, 11) is -3.09. The van der Waals surface area contributed by atoms with Crippen LogP contribution in [-0.2, 0) is 10.0 Å². The summed E-state index contributed by atoms with van der Waals surface area (Å²) in [5.74, 6) is 0. The molecule has 0 aromatic rings. The normalized spacial score (nSPS) is 13.8. The maximum atomic E-state index is 11.3.